The van der Waals surface area contributed by atoms with Crippen LogP contribution in [0.5, 0.6) is 5.75 Å². The number of methoxy groups -OCH3 is 1. The van der Waals surface area contributed by atoms with Crippen molar-refractivity contribution in [3.05, 3.63) is 102 Å². The Morgan fingerprint density at radius 1 is 0.895 bits per heavy atom. The van der Waals surface area contributed by atoms with Gasteiger partial charge in [-0.15, -0.1) is 11.3 Å². The third-order valence-corrected chi connectivity index (χ3v) is 7.57. The van der Waals surface area contributed by atoms with Crippen molar-refractivity contribution < 1.29 is 9.53 Å². The number of rotatable bonds is 5. The Hall–Kier alpha value is -4.75. The molecule has 3 heterocycles. The SMILES string of the molecule is COc1ccc(-c2cc(-c3ccccc3)nc3sc(C(=O)Nc4cc(C)nc5ccccc45)c(N)c23)cc1. The molecule has 3 aromatic heterocycles. The zero-order valence-electron chi connectivity index (χ0n) is 20.9. The van der Waals surface area contributed by atoms with Gasteiger partial charge >= 0.3 is 0 Å². The average Bonchev–Trinajstić information content (AvgIpc) is 3.29. The molecule has 7 heteroatoms. The lowest BCUT2D eigenvalue weighted by Gasteiger charge is -2.10. The summed E-state index contributed by atoms with van der Waals surface area (Å²) in [6.07, 6.45) is 0. The molecule has 186 valence electrons. The number of carbonyl (C=O) groups excluding carboxylic acids is 1. The molecule has 0 saturated heterocycles. The summed E-state index contributed by atoms with van der Waals surface area (Å²) in [5.41, 5.74) is 13.1. The number of para-hydroxylation sites is 1. The number of benzene rings is 3. The van der Waals surface area contributed by atoms with Gasteiger partial charge in [0.05, 0.1) is 29.7 Å². The lowest BCUT2D eigenvalue weighted by Crippen LogP contribution is -2.12. The molecule has 0 bridgehead atoms. The number of amides is 1. The maximum absolute atomic E-state index is 13.6. The summed E-state index contributed by atoms with van der Waals surface area (Å²) in [5.74, 6) is 0.490. The quantitative estimate of drug-likeness (QED) is 0.250. The monoisotopic (exact) mass is 516 g/mol. The lowest BCUT2D eigenvalue weighted by atomic mass is 9.99. The highest BCUT2D eigenvalue weighted by atomic mass is 32.1. The van der Waals surface area contributed by atoms with Crippen LogP contribution in [-0.4, -0.2) is 23.0 Å². The molecule has 6 nitrogen and oxygen atoms in total. The molecule has 3 aromatic carbocycles. The Balaban J connectivity index is 1.50. The van der Waals surface area contributed by atoms with Gasteiger partial charge in [0.2, 0.25) is 0 Å². The van der Waals surface area contributed by atoms with Gasteiger partial charge in [0.25, 0.3) is 5.91 Å². The fourth-order valence-corrected chi connectivity index (χ4v) is 5.65. The topological polar surface area (TPSA) is 90.1 Å². The highest BCUT2D eigenvalue weighted by molar-refractivity contribution is 7.21. The van der Waals surface area contributed by atoms with Crippen molar-refractivity contribution in [1.82, 2.24) is 9.97 Å². The van der Waals surface area contributed by atoms with Gasteiger partial charge in [-0.2, -0.15) is 0 Å². The van der Waals surface area contributed by atoms with Crippen molar-refractivity contribution in [2.75, 3.05) is 18.2 Å². The van der Waals surface area contributed by atoms with Crippen LogP contribution in [-0.2, 0) is 0 Å². The van der Waals surface area contributed by atoms with E-state index in [4.69, 9.17) is 15.5 Å². The first-order chi connectivity index (χ1) is 18.5. The largest absolute Gasteiger partial charge is 0.497 e. The first kappa shape index (κ1) is 23.6. The number of nitrogens with one attached hydrogen (secondary N) is 1. The van der Waals surface area contributed by atoms with E-state index in [1.807, 2.05) is 97.9 Å². The van der Waals surface area contributed by atoms with E-state index in [1.165, 1.54) is 11.3 Å². The summed E-state index contributed by atoms with van der Waals surface area (Å²) in [7, 11) is 1.64. The smallest absolute Gasteiger partial charge is 0.267 e. The molecule has 6 rings (SSSR count). The first-order valence-electron chi connectivity index (χ1n) is 12.1. The molecule has 3 N–H and O–H groups in total. The van der Waals surface area contributed by atoms with Crippen LogP contribution in [0, 0.1) is 6.92 Å². The van der Waals surface area contributed by atoms with Crippen LogP contribution in [0.4, 0.5) is 11.4 Å². The summed E-state index contributed by atoms with van der Waals surface area (Å²) in [6, 6.07) is 29.4. The Labute approximate surface area is 223 Å². The summed E-state index contributed by atoms with van der Waals surface area (Å²) in [4.78, 5) is 24.2. The second-order valence-electron chi connectivity index (χ2n) is 8.96. The standard InChI is InChI=1S/C31H24N4O2S/c1-18-16-26(22-10-6-7-11-24(22)33-18)34-30(36)29-28(32)27-23(19-12-14-21(37-2)15-13-19)17-25(35-31(27)38-29)20-8-4-3-5-9-20/h3-17H,32H2,1-2H3,(H,33,34,36). The molecular formula is C31H24N4O2S. The van der Waals surface area contributed by atoms with Crippen molar-refractivity contribution >= 4 is 49.7 Å². The minimum atomic E-state index is -0.275. The molecule has 0 aliphatic heterocycles. The van der Waals surface area contributed by atoms with Gasteiger partial charge in [0, 0.05) is 22.0 Å². The number of hydrogen-bond donors (Lipinski definition) is 2. The van der Waals surface area contributed by atoms with Crippen LogP contribution in [0.25, 0.3) is 43.5 Å². The van der Waals surface area contributed by atoms with Gasteiger partial charge in [-0.3, -0.25) is 9.78 Å². The number of nitrogen functional groups attached to an aromatic ring is 1. The molecule has 1 amide bonds. The van der Waals surface area contributed by atoms with E-state index < -0.39 is 0 Å². The fourth-order valence-electron chi connectivity index (χ4n) is 4.63. The van der Waals surface area contributed by atoms with Crippen LogP contribution in [0.2, 0.25) is 0 Å². The Morgan fingerprint density at radius 2 is 1.63 bits per heavy atom. The number of nitrogens with zero attached hydrogens (tertiary/aromatic N) is 2. The Kier molecular flexibility index (Phi) is 5.98. The molecule has 0 aliphatic carbocycles. The Morgan fingerprint density at radius 3 is 2.39 bits per heavy atom. The molecule has 0 spiro atoms. The summed E-state index contributed by atoms with van der Waals surface area (Å²) >= 11 is 1.30. The molecule has 0 unspecified atom stereocenters. The second-order valence-corrected chi connectivity index (χ2v) is 9.96. The van der Waals surface area contributed by atoms with E-state index in [1.54, 1.807) is 7.11 Å². The number of nitrogens with two attached hydrogens (primary N) is 1. The number of fused-ring (bicyclic) bond motifs is 2. The van der Waals surface area contributed by atoms with E-state index in [9.17, 15) is 4.79 Å². The number of hydrogen-bond acceptors (Lipinski definition) is 6. The minimum Gasteiger partial charge on any atom is -0.497 e. The summed E-state index contributed by atoms with van der Waals surface area (Å²) in [5, 5.41) is 4.71. The number of ether oxygens (including phenoxy) is 1. The molecule has 38 heavy (non-hydrogen) atoms. The van der Waals surface area contributed by atoms with E-state index in [2.05, 4.69) is 10.3 Å². The van der Waals surface area contributed by atoms with Crippen LogP contribution < -0.4 is 15.8 Å². The van der Waals surface area contributed by atoms with E-state index in [0.717, 1.165) is 50.1 Å². The van der Waals surface area contributed by atoms with Crippen molar-refractivity contribution in [1.29, 1.82) is 0 Å². The third kappa shape index (κ3) is 4.23. The average molecular weight is 517 g/mol. The van der Waals surface area contributed by atoms with Crippen LogP contribution in [0.15, 0.2) is 91.0 Å². The van der Waals surface area contributed by atoms with Crippen molar-refractivity contribution in [2.45, 2.75) is 6.92 Å². The summed E-state index contributed by atoms with van der Waals surface area (Å²) < 4.78 is 5.35. The fraction of sp³-hybridized carbons (Fsp3) is 0.0645. The third-order valence-electron chi connectivity index (χ3n) is 6.47. The van der Waals surface area contributed by atoms with Gasteiger partial charge in [0.15, 0.2) is 0 Å². The number of pyridine rings is 2. The number of carbonyl (C=O) groups is 1. The van der Waals surface area contributed by atoms with Gasteiger partial charge in [-0.25, -0.2) is 4.98 Å². The number of aryl methyl sites for hydroxylation is 1. The highest BCUT2D eigenvalue weighted by Gasteiger charge is 2.22. The Bertz CT molecular complexity index is 1810. The molecule has 0 fully saturated rings. The maximum Gasteiger partial charge on any atom is 0.267 e. The van der Waals surface area contributed by atoms with Gasteiger partial charge < -0.3 is 15.8 Å². The molecular weight excluding hydrogens is 492 g/mol. The lowest BCUT2D eigenvalue weighted by molar-refractivity contribution is 0.103. The van der Waals surface area contributed by atoms with Crippen molar-refractivity contribution in [3.8, 4) is 28.1 Å². The normalized spacial score (nSPS) is 11.1. The molecule has 6 aromatic rings. The first-order valence-corrected chi connectivity index (χ1v) is 12.9. The molecule has 0 atom stereocenters. The zero-order chi connectivity index (χ0) is 26.2. The van der Waals surface area contributed by atoms with Crippen LogP contribution in [0.3, 0.4) is 0 Å². The predicted octanol–water partition coefficient (Wildman–Crippen LogP) is 7.33. The molecule has 0 radical (unpaired) electrons. The van der Waals surface area contributed by atoms with Crippen molar-refractivity contribution in [3.63, 3.8) is 0 Å². The van der Waals surface area contributed by atoms with Crippen LogP contribution in [0.1, 0.15) is 15.4 Å². The second kappa shape index (κ2) is 9.61. The molecule has 0 aliphatic rings. The maximum atomic E-state index is 13.6. The number of aromatic nitrogens is 2. The summed E-state index contributed by atoms with van der Waals surface area (Å²) in [6.45, 7) is 1.91. The van der Waals surface area contributed by atoms with Gasteiger partial charge in [-0.1, -0.05) is 60.7 Å². The highest BCUT2D eigenvalue weighted by Crippen LogP contribution is 2.42. The van der Waals surface area contributed by atoms with Crippen molar-refractivity contribution in [2.24, 2.45) is 0 Å². The number of thiophene rings is 1. The van der Waals surface area contributed by atoms with Crippen LogP contribution >= 0.6 is 11.3 Å². The van der Waals surface area contributed by atoms with E-state index in [0.29, 0.717) is 21.1 Å². The van der Waals surface area contributed by atoms with E-state index in [-0.39, 0.29) is 5.91 Å². The van der Waals surface area contributed by atoms with Gasteiger partial charge in [0.1, 0.15) is 15.5 Å². The minimum absolute atomic E-state index is 0.275. The molecule has 0 saturated carbocycles. The predicted molar refractivity (Wildman–Crippen MR) is 156 cm³/mol. The van der Waals surface area contributed by atoms with E-state index >= 15 is 0 Å². The number of anilines is 2. The van der Waals surface area contributed by atoms with Gasteiger partial charge in [-0.05, 0) is 48.4 Å². The zero-order valence-corrected chi connectivity index (χ0v) is 21.7.